The molecule has 0 amide bonds. The van der Waals surface area contributed by atoms with Gasteiger partial charge in [-0.25, -0.2) is 13.4 Å². The number of aromatic nitrogens is 3. The molecule has 1 rings (SSSR count). The Labute approximate surface area is 87.3 Å². The van der Waals surface area contributed by atoms with Gasteiger partial charge in [-0.3, -0.25) is 5.10 Å². The molecule has 80 valence electrons. The van der Waals surface area contributed by atoms with Gasteiger partial charge in [-0.2, -0.15) is 0 Å². The van der Waals surface area contributed by atoms with Crippen LogP contribution in [0.3, 0.4) is 0 Å². The summed E-state index contributed by atoms with van der Waals surface area (Å²) in [6.45, 7) is 2.09. The Hall–Kier alpha value is -0.620. The quantitative estimate of drug-likeness (QED) is 0.622. The molecule has 0 atom stereocenters. The minimum absolute atomic E-state index is 0.342. The molecule has 0 saturated heterocycles. The van der Waals surface area contributed by atoms with Gasteiger partial charge in [0.15, 0.2) is 0 Å². The van der Waals surface area contributed by atoms with Crippen molar-refractivity contribution < 1.29 is 8.42 Å². The molecule has 0 spiro atoms. The largest absolute Gasteiger partial charge is 0.298 e. The second-order valence-electron chi connectivity index (χ2n) is 2.96. The van der Waals surface area contributed by atoms with Gasteiger partial charge in [-0.05, 0) is 6.42 Å². The van der Waals surface area contributed by atoms with Crippen LogP contribution in [-0.4, -0.2) is 23.6 Å². The summed E-state index contributed by atoms with van der Waals surface area (Å²) in [4.78, 5) is 3.77. The predicted molar refractivity (Wildman–Crippen MR) is 52.7 cm³/mol. The second-order valence-corrected chi connectivity index (χ2v) is 5.42. The Bertz CT molecular complexity index is 387. The van der Waals surface area contributed by atoms with Gasteiger partial charge in [0.1, 0.15) is 5.82 Å². The summed E-state index contributed by atoms with van der Waals surface area (Å²) in [6, 6.07) is 0. The number of H-pyrrole nitrogens is 1. The van der Waals surface area contributed by atoms with Crippen molar-refractivity contribution in [3.8, 4) is 0 Å². The topological polar surface area (TPSA) is 75.7 Å². The average Bonchev–Trinajstić information content (AvgIpc) is 2.52. The van der Waals surface area contributed by atoms with Gasteiger partial charge in [0.2, 0.25) is 0 Å². The molecule has 0 unspecified atom stereocenters. The van der Waals surface area contributed by atoms with Crippen molar-refractivity contribution in [3.63, 3.8) is 0 Å². The molecule has 0 bridgehead atoms. The van der Waals surface area contributed by atoms with Crippen molar-refractivity contribution in [2.24, 2.45) is 0 Å². The first-order valence-electron chi connectivity index (χ1n) is 4.40. The van der Waals surface area contributed by atoms with Gasteiger partial charge >= 0.3 is 0 Å². The van der Waals surface area contributed by atoms with Crippen LogP contribution in [0.5, 0.6) is 0 Å². The van der Waals surface area contributed by atoms with E-state index in [1.54, 1.807) is 0 Å². The van der Waals surface area contributed by atoms with E-state index in [1.807, 2.05) is 0 Å². The lowest BCUT2D eigenvalue weighted by atomic mass is 10.2. The lowest BCUT2D eigenvalue weighted by Crippen LogP contribution is -1.93. The summed E-state index contributed by atoms with van der Waals surface area (Å²) >= 11 is 0. The molecule has 5 nitrogen and oxygen atoms in total. The Morgan fingerprint density at radius 2 is 2.14 bits per heavy atom. The third-order valence-electron chi connectivity index (χ3n) is 1.75. The molecule has 0 aromatic carbocycles. The summed E-state index contributed by atoms with van der Waals surface area (Å²) in [5.41, 5.74) is 0. The number of hydrogen-bond acceptors (Lipinski definition) is 4. The molecule has 0 aliphatic carbocycles. The minimum Gasteiger partial charge on any atom is -0.262 e. The molecule has 1 N–H and O–H groups in total. The van der Waals surface area contributed by atoms with E-state index in [1.165, 1.54) is 0 Å². The van der Waals surface area contributed by atoms with E-state index < -0.39 is 9.05 Å². The van der Waals surface area contributed by atoms with Gasteiger partial charge in [0.25, 0.3) is 14.2 Å². The first kappa shape index (κ1) is 11.5. The predicted octanol–water partition coefficient (Wildman–Crippen LogP) is 1.46. The van der Waals surface area contributed by atoms with E-state index in [2.05, 4.69) is 22.1 Å². The van der Waals surface area contributed by atoms with Crippen LogP contribution >= 0.6 is 10.7 Å². The highest BCUT2D eigenvalue weighted by molar-refractivity contribution is 8.13. The Balaban J connectivity index is 2.60. The number of hydrogen-bond donors (Lipinski definition) is 1. The van der Waals surface area contributed by atoms with Crippen molar-refractivity contribution in [1.82, 2.24) is 15.2 Å². The highest BCUT2D eigenvalue weighted by Gasteiger charge is 2.16. The third-order valence-corrected chi connectivity index (χ3v) is 2.78. The van der Waals surface area contributed by atoms with Gasteiger partial charge in [0, 0.05) is 17.1 Å². The minimum atomic E-state index is -3.79. The van der Waals surface area contributed by atoms with Gasteiger partial charge in [-0.1, -0.05) is 19.8 Å². The molecule has 0 radical (unpaired) electrons. The first-order chi connectivity index (χ1) is 6.54. The zero-order chi connectivity index (χ0) is 10.6. The lowest BCUT2D eigenvalue weighted by molar-refractivity contribution is 0.601. The Kier molecular flexibility index (Phi) is 3.88. The van der Waals surface area contributed by atoms with E-state index in [9.17, 15) is 8.42 Å². The molecule has 1 aromatic rings. The van der Waals surface area contributed by atoms with Gasteiger partial charge in [0.05, 0.1) is 0 Å². The monoisotopic (exact) mass is 237 g/mol. The lowest BCUT2D eigenvalue weighted by Gasteiger charge is -1.92. The van der Waals surface area contributed by atoms with Gasteiger partial charge < -0.3 is 0 Å². The van der Waals surface area contributed by atoms with Crippen LogP contribution in [0.25, 0.3) is 0 Å². The van der Waals surface area contributed by atoms with Crippen LogP contribution in [-0.2, 0) is 15.5 Å². The van der Waals surface area contributed by atoms with E-state index in [4.69, 9.17) is 10.7 Å². The molecular formula is C7H12ClN3O2S. The molecule has 0 saturated carbocycles. The third kappa shape index (κ3) is 3.26. The molecule has 0 fully saturated rings. The van der Waals surface area contributed by atoms with Crippen molar-refractivity contribution in [2.45, 2.75) is 37.8 Å². The number of aromatic amines is 1. The van der Waals surface area contributed by atoms with Crippen LogP contribution in [0.4, 0.5) is 0 Å². The fourth-order valence-corrected chi connectivity index (χ4v) is 1.62. The fourth-order valence-electron chi connectivity index (χ4n) is 1.04. The van der Waals surface area contributed by atoms with Crippen LogP contribution in [0, 0.1) is 0 Å². The highest BCUT2D eigenvalue weighted by Crippen LogP contribution is 2.09. The van der Waals surface area contributed by atoms with Crippen molar-refractivity contribution >= 4 is 19.7 Å². The summed E-state index contributed by atoms with van der Waals surface area (Å²) in [5.74, 6) is 0.567. The number of nitrogens with one attached hydrogen (secondary N) is 1. The van der Waals surface area contributed by atoms with Crippen molar-refractivity contribution in [3.05, 3.63) is 5.82 Å². The smallest absolute Gasteiger partial charge is 0.262 e. The second kappa shape index (κ2) is 4.75. The maximum atomic E-state index is 10.8. The van der Waals surface area contributed by atoms with E-state index in [0.717, 1.165) is 19.3 Å². The number of unbranched alkanes of at least 4 members (excludes halogenated alkanes) is 2. The highest BCUT2D eigenvalue weighted by atomic mass is 35.7. The number of rotatable bonds is 5. The number of halogens is 1. The first-order valence-corrected chi connectivity index (χ1v) is 6.71. The van der Waals surface area contributed by atoms with Crippen LogP contribution < -0.4 is 0 Å². The molecule has 0 aliphatic rings. The number of nitrogens with zero attached hydrogens (tertiary/aromatic N) is 2. The maximum Gasteiger partial charge on any atom is 0.298 e. The molecular weight excluding hydrogens is 226 g/mol. The average molecular weight is 238 g/mol. The molecule has 1 heterocycles. The number of aryl methyl sites for hydroxylation is 1. The summed E-state index contributed by atoms with van der Waals surface area (Å²) in [5, 5.41) is 5.71. The summed E-state index contributed by atoms with van der Waals surface area (Å²) < 4.78 is 21.6. The SMILES string of the molecule is CCCCCc1nc(S(=O)(=O)Cl)n[nH]1. The van der Waals surface area contributed by atoms with Crippen LogP contribution in [0.2, 0.25) is 0 Å². The zero-order valence-electron chi connectivity index (χ0n) is 7.83. The molecule has 1 aromatic heterocycles. The summed E-state index contributed by atoms with van der Waals surface area (Å²) in [7, 11) is 1.27. The maximum absolute atomic E-state index is 10.8. The molecule has 14 heavy (non-hydrogen) atoms. The van der Waals surface area contributed by atoms with Crippen LogP contribution in [0.15, 0.2) is 5.16 Å². The van der Waals surface area contributed by atoms with Crippen molar-refractivity contribution in [1.29, 1.82) is 0 Å². The van der Waals surface area contributed by atoms with E-state index in [0.29, 0.717) is 12.2 Å². The van der Waals surface area contributed by atoms with Gasteiger partial charge in [-0.15, -0.1) is 5.10 Å². The summed E-state index contributed by atoms with van der Waals surface area (Å²) in [6.07, 6.45) is 3.86. The Morgan fingerprint density at radius 1 is 1.43 bits per heavy atom. The van der Waals surface area contributed by atoms with Crippen LogP contribution in [0.1, 0.15) is 32.0 Å². The molecule has 7 heteroatoms. The molecule has 0 aliphatic heterocycles. The van der Waals surface area contributed by atoms with Crippen molar-refractivity contribution in [2.75, 3.05) is 0 Å². The van der Waals surface area contributed by atoms with E-state index in [-0.39, 0.29) is 5.16 Å². The van der Waals surface area contributed by atoms with E-state index >= 15 is 0 Å². The fraction of sp³-hybridized carbons (Fsp3) is 0.714. The Morgan fingerprint density at radius 3 is 2.64 bits per heavy atom. The normalized spacial score (nSPS) is 11.9. The standard InChI is InChI=1S/C7H12ClN3O2S/c1-2-3-4-5-6-9-7(11-10-6)14(8,12)13/h2-5H2,1H3,(H,9,10,11). The zero-order valence-corrected chi connectivity index (χ0v) is 9.40.